The van der Waals surface area contributed by atoms with Gasteiger partial charge in [0.1, 0.15) is 10.6 Å². The number of hydrogen-bond acceptors (Lipinski definition) is 6. The lowest BCUT2D eigenvalue weighted by atomic mass is 10.1. The highest BCUT2D eigenvalue weighted by Crippen LogP contribution is 2.23. The zero-order chi connectivity index (χ0) is 24.2. The van der Waals surface area contributed by atoms with E-state index in [0.29, 0.717) is 11.3 Å². The molecule has 0 atom stereocenters. The summed E-state index contributed by atoms with van der Waals surface area (Å²) in [4.78, 5) is 24.5. The Balaban J connectivity index is 1.61. The van der Waals surface area contributed by atoms with Crippen molar-refractivity contribution in [3.05, 3.63) is 88.5 Å². The number of carbonyl (C=O) groups is 2. The minimum atomic E-state index is -4.03. The summed E-state index contributed by atoms with van der Waals surface area (Å²) in [6.07, 6.45) is 0. The predicted molar refractivity (Wildman–Crippen MR) is 125 cm³/mol. The van der Waals surface area contributed by atoms with Gasteiger partial charge in [0, 0.05) is 5.69 Å². The Kier molecular flexibility index (Phi) is 7.18. The lowest BCUT2D eigenvalue weighted by Crippen LogP contribution is -2.21. The minimum absolute atomic E-state index is 0.0558. The normalized spacial score (nSPS) is 11.0. The highest BCUT2D eigenvalue weighted by molar-refractivity contribution is 7.87. The topological polar surface area (TPSA) is 98.8 Å². The second-order valence-electron chi connectivity index (χ2n) is 7.72. The molecule has 1 amide bonds. The van der Waals surface area contributed by atoms with Crippen molar-refractivity contribution in [2.75, 3.05) is 11.9 Å². The van der Waals surface area contributed by atoms with E-state index in [2.05, 4.69) is 5.32 Å². The molecular weight excluding hydrogens is 442 g/mol. The lowest BCUT2D eigenvalue weighted by molar-refractivity contribution is -0.119. The molecule has 1 N–H and O–H groups in total. The van der Waals surface area contributed by atoms with E-state index in [9.17, 15) is 18.0 Å². The van der Waals surface area contributed by atoms with E-state index >= 15 is 0 Å². The summed E-state index contributed by atoms with van der Waals surface area (Å²) in [7, 11) is -4.03. The number of esters is 1. The van der Waals surface area contributed by atoms with Crippen LogP contribution in [0, 0.1) is 27.7 Å². The zero-order valence-electron chi connectivity index (χ0n) is 18.8. The van der Waals surface area contributed by atoms with Gasteiger partial charge < -0.3 is 14.2 Å². The van der Waals surface area contributed by atoms with Gasteiger partial charge in [-0.15, -0.1) is 0 Å². The minimum Gasteiger partial charge on any atom is -0.452 e. The largest absolute Gasteiger partial charge is 0.452 e. The number of para-hydroxylation sites is 1. The number of nitrogens with one attached hydrogen (secondary N) is 1. The molecule has 172 valence electrons. The van der Waals surface area contributed by atoms with Crippen LogP contribution in [0.25, 0.3) is 0 Å². The molecule has 33 heavy (non-hydrogen) atoms. The van der Waals surface area contributed by atoms with E-state index in [0.717, 1.165) is 16.7 Å². The van der Waals surface area contributed by atoms with Gasteiger partial charge in [0.2, 0.25) is 0 Å². The number of ether oxygens (including phenoxy) is 1. The van der Waals surface area contributed by atoms with Crippen molar-refractivity contribution in [1.82, 2.24) is 0 Å². The van der Waals surface area contributed by atoms with Crippen molar-refractivity contribution in [2.24, 2.45) is 0 Å². The molecule has 3 aromatic carbocycles. The summed E-state index contributed by atoms with van der Waals surface area (Å²) < 4.78 is 35.5. The number of carbonyl (C=O) groups excluding carboxylic acids is 2. The van der Waals surface area contributed by atoms with Crippen LogP contribution in [-0.2, 0) is 19.6 Å². The lowest BCUT2D eigenvalue weighted by Gasteiger charge is -2.12. The fourth-order valence-corrected chi connectivity index (χ4v) is 4.44. The number of hydrogen-bond donors (Lipinski definition) is 1. The maximum Gasteiger partial charge on any atom is 0.339 e. The Morgan fingerprint density at radius 1 is 0.848 bits per heavy atom. The molecule has 0 spiro atoms. The van der Waals surface area contributed by atoms with Gasteiger partial charge in [-0.2, -0.15) is 8.42 Å². The Morgan fingerprint density at radius 2 is 1.48 bits per heavy atom. The number of rotatable bonds is 7. The molecule has 8 heteroatoms. The molecule has 0 aliphatic carbocycles. The number of anilines is 1. The highest BCUT2D eigenvalue weighted by Gasteiger charge is 2.20. The van der Waals surface area contributed by atoms with Crippen LogP contribution in [-0.4, -0.2) is 26.9 Å². The standard InChI is InChI=1S/C25H25NO6S/c1-16-8-9-17(2)22(14-16)33(29,30)32-21-12-10-20(11-13-21)25(28)31-15-23(27)26-24-18(3)6-5-7-19(24)4/h5-14H,15H2,1-4H3,(H,26,27). The monoisotopic (exact) mass is 467 g/mol. The molecule has 0 aliphatic heterocycles. The van der Waals surface area contributed by atoms with Crippen molar-refractivity contribution >= 4 is 27.7 Å². The van der Waals surface area contributed by atoms with Crippen molar-refractivity contribution in [3.63, 3.8) is 0 Å². The van der Waals surface area contributed by atoms with E-state index in [1.54, 1.807) is 26.0 Å². The Labute approximate surface area is 193 Å². The number of amides is 1. The molecule has 0 saturated heterocycles. The average Bonchev–Trinajstić information content (AvgIpc) is 2.76. The Hall–Kier alpha value is -3.65. The predicted octanol–water partition coefficient (Wildman–Crippen LogP) is 4.48. The Bertz CT molecular complexity index is 1280. The molecule has 7 nitrogen and oxygen atoms in total. The summed E-state index contributed by atoms with van der Waals surface area (Å²) in [6.45, 7) is 6.77. The van der Waals surface area contributed by atoms with Crippen molar-refractivity contribution in [2.45, 2.75) is 32.6 Å². The van der Waals surface area contributed by atoms with Crippen LogP contribution in [0.4, 0.5) is 5.69 Å². The SMILES string of the molecule is Cc1ccc(C)c(S(=O)(=O)Oc2ccc(C(=O)OCC(=O)Nc3c(C)cccc3C)cc2)c1. The fourth-order valence-electron chi connectivity index (χ4n) is 3.20. The summed E-state index contributed by atoms with van der Waals surface area (Å²) >= 11 is 0. The first kappa shape index (κ1) is 24.0. The van der Waals surface area contributed by atoms with Crippen LogP contribution >= 0.6 is 0 Å². The first-order valence-corrected chi connectivity index (χ1v) is 11.6. The molecule has 0 unspecified atom stereocenters. The third-order valence-electron chi connectivity index (χ3n) is 4.99. The van der Waals surface area contributed by atoms with Gasteiger partial charge in [-0.1, -0.05) is 30.3 Å². The van der Waals surface area contributed by atoms with Gasteiger partial charge in [-0.25, -0.2) is 4.79 Å². The van der Waals surface area contributed by atoms with Crippen molar-refractivity contribution in [3.8, 4) is 5.75 Å². The van der Waals surface area contributed by atoms with Crippen molar-refractivity contribution < 1.29 is 26.9 Å². The number of benzene rings is 3. The summed E-state index contributed by atoms with van der Waals surface area (Å²) in [6, 6.07) is 16.2. The molecule has 0 radical (unpaired) electrons. The van der Waals surface area contributed by atoms with Crippen LogP contribution in [0.1, 0.15) is 32.6 Å². The van der Waals surface area contributed by atoms with Gasteiger partial charge in [-0.3, -0.25) is 4.79 Å². The second kappa shape index (κ2) is 9.87. The quantitative estimate of drug-likeness (QED) is 0.406. The maximum absolute atomic E-state index is 12.6. The van der Waals surface area contributed by atoms with Gasteiger partial charge in [0.25, 0.3) is 5.91 Å². The summed E-state index contributed by atoms with van der Waals surface area (Å²) in [5.74, 6) is -1.11. The zero-order valence-corrected chi connectivity index (χ0v) is 19.7. The molecule has 3 aromatic rings. The van der Waals surface area contributed by atoms with Gasteiger partial charge in [-0.05, 0) is 80.3 Å². The van der Waals surface area contributed by atoms with Gasteiger partial charge >= 0.3 is 16.1 Å². The molecule has 0 fully saturated rings. The summed E-state index contributed by atoms with van der Waals surface area (Å²) in [5.41, 5.74) is 4.01. The maximum atomic E-state index is 12.6. The van der Waals surface area contributed by atoms with E-state index in [1.807, 2.05) is 38.1 Å². The van der Waals surface area contributed by atoms with Gasteiger partial charge in [0.15, 0.2) is 6.61 Å². The van der Waals surface area contributed by atoms with E-state index in [-0.39, 0.29) is 16.2 Å². The van der Waals surface area contributed by atoms with Crippen LogP contribution in [0.5, 0.6) is 5.75 Å². The first-order valence-electron chi connectivity index (χ1n) is 10.2. The Morgan fingerprint density at radius 3 is 2.12 bits per heavy atom. The van der Waals surface area contributed by atoms with Crippen LogP contribution in [0.3, 0.4) is 0 Å². The molecule has 0 saturated carbocycles. The van der Waals surface area contributed by atoms with E-state index in [1.165, 1.54) is 24.3 Å². The molecule has 0 bridgehead atoms. The molecule has 3 rings (SSSR count). The smallest absolute Gasteiger partial charge is 0.339 e. The molecule has 0 aromatic heterocycles. The molecular formula is C25H25NO6S. The van der Waals surface area contributed by atoms with Crippen LogP contribution in [0.15, 0.2) is 65.6 Å². The van der Waals surface area contributed by atoms with Crippen LogP contribution < -0.4 is 9.50 Å². The van der Waals surface area contributed by atoms with Gasteiger partial charge in [0.05, 0.1) is 5.56 Å². The average molecular weight is 468 g/mol. The van der Waals surface area contributed by atoms with Crippen molar-refractivity contribution in [1.29, 1.82) is 0 Å². The van der Waals surface area contributed by atoms with E-state index < -0.39 is 28.6 Å². The summed E-state index contributed by atoms with van der Waals surface area (Å²) in [5, 5.41) is 2.74. The first-order chi connectivity index (χ1) is 15.6. The fraction of sp³-hybridized carbons (Fsp3) is 0.200. The van der Waals surface area contributed by atoms with Crippen LogP contribution in [0.2, 0.25) is 0 Å². The third kappa shape index (κ3) is 5.98. The highest BCUT2D eigenvalue weighted by atomic mass is 32.2. The molecule has 0 aliphatic rings. The molecule has 0 heterocycles. The third-order valence-corrected chi connectivity index (χ3v) is 6.38. The van der Waals surface area contributed by atoms with E-state index in [4.69, 9.17) is 8.92 Å². The second-order valence-corrected chi connectivity index (χ2v) is 9.24. The number of aryl methyl sites for hydroxylation is 4.